The van der Waals surface area contributed by atoms with Crippen molar-refractivity contribution in [3.63, 3.8) is 0 Å². The van der Waals surface area contributed by atoms with E-state index in [9.17, 15) is 4.79 Å². The molecule has 102 valence electrons. The molecule has 3 aromatic rings. The molecule has 0 aromatic heterocycles. The van der Waals surface area contributed by atoms with Crippen LogP contribution >= 0.6 is 15.9 Å². The van der Waals surface area contributed by atoms with Crippen molar-refractivity contribution < 1.29 is 4.79 Å². The van der Waals surface area contributed by atoms with Crippen molar-refractivity contribution in [3.05, 3.63) is 76.3 Å². The highest BCUT2D eigenvalue weighted by Gasteiger charge is 2.29. The van der Waals surface area contributed by atoms with Gasteiger partial charge in [-0.15, -0.1) is 0 Å². The average Bonchev–Trinajstić information content (AvgIpc) is 2.78. The van der Waals surface area contributed by atoms with Crippen LogP contribution in [0.2, 0.25) is 0 Å². The molecular weight excluding hydrogens is 326 g/mol. The van der Waals surface area contributed by atoms with E-state index in [2.05, 4.69) is 28.1 Å². The number of carbonyl (C=O) groups excluding carboxylic acids is 1. The van der Waals surface area contributed by atoms with Crippen LogP contribution in [0.4, 0.5) is 5.69 Å². The van der Waals surface area contributed by atoms with Crippen molar-refractivity contribution in [3.8, 4) is 0 Å². The molecule has 1 amide bonds. The lowest BCUT2D eigenvalue weighted by atomic mass is 10.1. The molecule has 0 bridgehead atoms. The lowest BCUT2D eigenvalue weighted by molar-refractivity contribution is 0.0991. The van der Waals surface area contributed by atoms with Gasteiger partial charge in [0.05, 0.1) is 12.2 Å². The number of rotatable bonds is 2. The van der Waals surface area contributed by atoms with Crippen LogP contribution in [0.15, 0.2) is 65.1 Å². The van der Waals surface area contributed by atoms with Crippen molar-refractivity contribution in [2.45, 2.75) is 6.54 Å². The Kier molecular flexibility index (Phi) is 2.82. The number of benzene rings is 3. The molecule has 1 heterocycles. The highest BCUT2D eigenvalue weighted by molar-refractivity contribution is 9.10. The first kappa shape index (κ1) is 12.6. The molecule has 0 unspecified atom stereocenters. The standard InChI is InChI=1S/C18H12BrNO/c19-14-9-7-12(8-10-14)11-20-16-6-2-4-13-3-1-5-15(17(13)16)18(20)21/h1-10H,11H2. The van der Waals surface area contributed by atoms with E-state index in [4.69, 9.17) is 0 Å². The number of halogens is 1. The summed E-state index contributed by atoms with van der Waals surface area (Å²) in [5.74, 6) is 0.0877. The summed E-state index contributed by atoms with van der Waals surface area (Å²) in [6.45, 7) is 0.597. The first-order valence-electron chi connectivity index (χ1n) is 6.82. The number of amides is 1. The fourth-order valence-corrected chi connectivity index (χ4v) is 3.17. The summed E-state index contributed by atoms with van der Waals surface area (Å²) in [5, 5.41) is 2.19. The van der Waals surface area contributed by atoms with Crippen LogP contribution in [-0.2, 0) is 6.54 Å². The van der Waals surface area contributed by atoms with Crippen LogP contribution in [0.25, 0.3) is 10.8 Å². The normalized spacial score (nSPS) is 13.2. The van der Waals surface area contributed by atoms with Crippen LogP contribution in [0.5, 0.6) is 0 Å². The quantitative estimate of drug-likeness (QED) is 0.660. The summed E-state index contributed by atoms with van der Waals surface area (Å²) in [4.78, 5) is 14.5. The highest BCUT2D eigenvalue weighted by atomic mass is 79.9. The van der Waals surface area contributed by atoms with Crippen LogP contribution in [0, 0.1) is 0 Å². The van der Waals surface area contributed by atoms with Crippen molar-refractivity contribution in [2.75, 3.05) is 4.90 Å². The second-order valence-corrected chi connectivity index (χ2v) is 6.11. The highest BCUT2D eigenvalue weighted by Crippen LogP contribution is 2.37. The predicted octanol–water partition coefficient (Wildman–Crippen LogP) is 4.76. The summed E-state index contributed by atoms with van der Waals surface area (Å²) in [5.41, 5.74) is 2.94. The molecule has 1 aliphatic rings. The van der Waals surface area contributed by atoms with Crippen LogP contribution in [-0.4, -0.2) is 5.91 Å². The van der Waals surface area contributed by atoms with Crippen molar-refractivity contribution >= 4 is 38.3 Å². The van der Waals surface area contributed by atoms with Gasteiger partial charge >= 0.3 is 0 Å². The van der Waals surface area contributed by atoms with E-state index in [1.807, 2.05) is 53.4 Å². The van der Waals surface area contributed by atoms with Gasteiger partial charge in [0.15, 0.2) is 0 Å². The van der Waals surface area contributed by atoms with Gasteiger partial charge in [-0.2, -0.15) is 0 Å². The third kappa shape index (κ3) is 1.96. The third-order valence-electron chi connectivity index (χ3n) is 3.90. The van der Waals surface area contributed by atoms with E-state index in [-0.39, 0.29) is 5.91 Å². The topological polar surface area (TPSA) is 20.3 Å². The van der Waals surface area contributed by atoms with Crippen molar-refractivity contribution in [2.24, 2.45) is 0 Å². The fourth-order valence-electron chi connectivity index (χ4n) is 2.91. The molecule has 0 aliphatic carbocycles. The second-order valence-electron chi connectivity index (χ2n) is 5.20. The molecule has 3 heteroatoms. The first-order valence-corrected chi connectivity index (χ1v) is 7.61. The Morgan fingerprint density at radius 2 is 1.62 bits per heavy atom. The number of hydrogen-bond acceptors (Lipinski definition) is 1. The Labute approximate surface area is 131 Å². The predicted molar refractivity (Wildman–Crippen MR) is 88.6 cm³/mol. The second kappa shape index (κ2) is 4.71. The zero-order valence-corrected chi connectivity index (χ0v) is 12.8. The molecule has 1 aliphatic heterocycles. The lowest BCUT2D eigenvalue weighted by Gasteiger charge is -2.17. The monoisotopic (exact) mass is 337 g/mol. The maximum Gasteiger partial charge on any atom is 0.259 e. The summed E-state index contributed by atoms with van der Waals surface area (Å²) in [6.07, 6.45) is 0. The number of hydrogen-bond donors (Lipinski definition) is 0. The van der Waals surface area contributed by atoms with Crippen LogP contribution in [0.1, 0.15) is 15.9 Å². The third-order valence-corrected chi connectivity index (χ3v) is 4.43. The van der Waals surface area contributed by atoms with Crippen molar-refractivity contribution in [1.82, 2.24) is 0 Å². The van der Waals surface area contributed by atoms with Gasteiger partial charge in [-0.05, 0) is 35.2 Å². The molecule has 0 saturated carbocycles. The Balaban J connectivity index is 1.80. The van der Waals surface area contributed by atoms with Gasteiger partial charge in [-0.1, -0.05) is 52.3 Å². The zero-order chi connectivity index (χ0) is 14.4. The molecular formula is C18H12BrNO. The zero-order valence-electron chi connectivity index (χ0n) is 11.2. The minimum Gasteiger partial charge on any atom is -0.303 e. The smallest absolute Gasteiger partial charge is 0.259 e. The average molecular weight is 338 g/mol. The van der Waals surface area contributed by atoms with E-state index >= 15 is 0 Å². The van der Waals surface area contributed by atoms with Crippen molar-refractivity contribution in [1.29, 1.82) is 0 Å². The van der Waals surface area contributed by atoms with Crippen LogP contribution < -0.4 is 4.90 Å². The molecule has 0 atom stereocenters. The number of anilines is 1. The Bertz CT molecular complexity index is 849. The largest absolute Gasteiger partial charge is 0.303 e. The van der Waals surface area contributed by atoms with Gasteiger partial charge in [-0.25, -0.2) is 0 Å². The van der Waals surface area contributed by atoms with Gasteiger partial charge in [0.25, 0.3) is 5.91 Å². The molecule has 4 rings (SSSR count). The molecule has 0 fully saturated rings. The lowest BCUT2D eigenvalue weighted by Crippen LogP contribution is -2.25. The maximum absolute atomic E-state index is 12.7. The van der Waals surface area contributed by atoms with Gasteiger partial charge < -0.3 is 4.90 Å². The SMILES string of the molecule is O=C1c2cccc3cccc(c23)N1Cc1ccc(Br)cc1. The number of carbonyl (C=O) groups is 1. The van der Waals surface area contributed by atoms with Gasteiger partial charge in [0, 0.05) is 15.4 Å². The van der Waals surface area contributed by atoms with E-state index in [0.29, 0.717) is 6.54 Å². The Morgan fingerprint density at radius 1 is 0.905 bits per heavy atom. The minimum absolute atomic E-state index is 0.0877. The number of nitrogens with zero attached hydrogens (tertiary/aromatic N) is 1. The van der Waals surface area contributed by atoms with Crippen LogP contribution in [0.3, 0.4) is 0 Å². The van der Waals surface area contributed by atoms with E-state index in [0.717, 1.165) is 32.1 Å². The molecule has 0 N–H and O–H groups in total. The molecule has 21 heavy (non-hydrogen) atoms. The fraction of sp³-hybridized carbons (Fsp3) is 0.0556. The van der Waals surface area contributed by atoms with E-state index in [1.165, 1.54) is 0 Å². The Hall–Kier alpha value is -2.13. The minimum atomic E-state index is 0.0877. The summed E-state index contributed by atoms with van der Waals surface area (Å²) in [6, 6.07) is 20.1. The van der Waals surface area contributed by atoms with Gasteiger partial charge in [-0.3, -0.25) is 4.79 Å². The summed E-state index contributed by atoms with van der Waals surface area (Å²) >= 11 is 3.44. The maximum atomic E-state index is 12.7. The molecule has 0 spiro atoms. The molecule has 0 saturated heterocycles. The molecule has 2 nitrogen and oxygen atoms in total. The van der Waals surface area contributed by atoms with Gasteiger partial charge in [0.1, 0.15) is 0 Å². The molecule has 3 aromatic carbocycles. The van der Waals surface area contributed by atoms with Gasteiger partial charge in [0.2, 0.25) is 0 Å². The summed E-state index contributed by atoms with van der Waals surface area (Å²) < 4.78 is 1.05. The summed E-state index contributed by atoms with van der Waals surface area (Å²) in [7, 11) is 0. The van der Waals surface area contributed by atoms with E-state index < -0.39 is 0 Å². The first-order chi connectivity index (χ1) is 10.2. The molecule has 0 radical (unpaired) electrons. The van der Waals surface area contributed by atoms with E-state index in [1.54, 1.807) is 0 Å². The Morgan fingerprint density at radius 3 is 2.38 bits per heavy atom.